The third kappa shape index (κ3) is 4.83. The molecule has 0 unspecified atom stereocenters. The van der Waals surface area contributed by atoms with Crippen molar-refractivity contribution in [1.29, 1.82) is 5.26 Å². The second-order valence-electron chi connectivity index (χ2n) is 8.01. The number of benzene rings is 2. The van der Waals surface area contributed by atoms with E-state index in [1.54, 1.807) is 18.2 Å². The van der Waals surface area contributed by atoms with Crippen LogP contribution in [0.3, 0.4) is 0 Å². The van der Waals surface area contributed by atoms with Crippen LogP contribution in [-0.2, 0) is 19.6 Å². The molecule has 0 atom stereocenters. The van der Waals surface area contributed by atoms with Gasteiger partial charge in [0.25, 0.3) is 16.4 Å². The van der Waals surface area contributed by atoms with E-state index in [4.69, 9.17) is 4.74 Å². The third-order valence-electron chi connectivity index (χ3n) is 5.67. The number of alkyl halides is 2. The van der Waals surface area contributed by atoms with E-state index in [-0.39, 0.29) is 36.0 Å². The Morgan fingerprint density at radius 2 is 1.89 bits per heavy atom. The first-order valence-electron chi connectivity index (χ1n) is 10.8. The van der Waals surface area contributed by atoms with Crippen LogP contribution in [0.5, 0.6) is 0 Å². The summed E-state index contributed by atoms with van der Waals surface area (Å²) in [4.78, 5) is 29.8. The number of carbonyl (C=O) groups is 2. The van der Waals surface area contributed by atoms with Crippen LogP contribution in [0, 0.1) is 17.2 Å². The van der Waals surface area contributed by atoms with Crippen molar-refractivity contribution in [3.63, 3.8) is 0 Å². The average molecular weight is 515 g/mol. The lowest BCUT2D eigenvalue weighted by Crippen LogP contribution is -2.55. The Hall–Kier alpha value is -4.11. The number of hydrogen-bond acceptors (Lipinski definition) is 8. The maximum absolute atomic E-state index is 13.6. The molecule has 1 saturated heterocycles. The molecule has 2 aromatic carbocycles. The molecule has 186 valence electrons. The summed E-state index contributed by atoms with van der Waals surface area (Å²) in [7, 11) is -4.14. The highest BCUT2D eigenvalue weighted by Gasteiger charge is 2.38. The Morgan fingerprint density at radius 3 is 2.53 bits per heavy atom. The molecule has 36 heavy (non-hydrogen) atoms. The van der Waals surface area contributed by atoms with Gasteiger partial charge in [-0.1, -0.05) is 30.3 Å². The SMILES string of the molecule is CCOC(=O)c1cc(C#N)c(N2CC(C(=O)NS(=O)(=O)c3ccc4ccccc4c3)C2)nc1C(F)F. The monoisotopic (exact) mass is 514 g/mol. The summed E-state index contributed by atoms with van der Waals surface area (Å²) in [5.74, 6) is -2.70. The first kappa shape index (κ1) is 25.0. The van der Waals surface area contributed by atoms with Gasteiger partial charge in [0.15, 0.2) is 0 Å². The van der Waals surface area contributed by atoms with Crippen LogP contribution in [0.4, 0.5) is 14.6 Å². The number of carbonyl (C=O) groups excluding carboxylic acids is 2. The maximum atomic E-state index is 13.6. The molecular weight excluding hydrogens is 494 g/mol. The number of nitrogens with zero attached hydrogens (tertiary/aromatic N) is 3. The molecule has 1 amide bonds. The summed E-state index contributed by atoms with van der Waals surface area (Å²) in [5, 5.41) is 11.0. The number of sulfonamides is 1. The zero-order chi connectivity index (χ0) is 26.0. The molecule has 0 radical (unpaired) electrons. The van der Waals surface area contributed by atoms with Crippen molar-refractivity contribution in [2.45, 2.75) is 18.2 Å². The van der Waals surface area contributed by atoms with E-state index in [9.17, 15) is 32.0 Å². The van der Waals surface area contributed by atoms with Crippen molar-refractivity contribution in [1.82, 2.24) is 9.71 Å². The first-order chi connectivity index (χ1) is 17.1. The highest BCUT2D eigenvalue weighted by Crippen LogP contribution is 2.32. The lowest BCUT2D eigenvalue weighted by Gasteiger charge is -2.39. The number of halogens is 2. The largest absolute Gasteiger partial charge is 0.462 e. The van der Waals surface area contributed by atoms with Crippen molar-refractivity contribution in [3.05, 3.63) is 65.4 Å². The number of pyridine rings is 1. The summed E-state index contributed by atoms with van der Waals surface area (Å²) in [6, 6.07) is 14.5. The highest BCUT2D eigenvalue weighted by molar-refractivity contribution is 7.90. The lowest BCUT2D eigenvalue weighted by atomic mass is 9.98. The van der Waals surface area contributed by atoms with Gasteiger partial charge < -0.3 is 9.64 Å². The predicted molar refractivity (Wildman–Crippen MR) is 125 cm³/mol. The molecule has 1 fully saturated rings. The summed E-state index contributed by atoms with van der Waals surface area (Å²) in [6.07, 6.45) is -3.11. The van der Waals surface area contributed by atoms with E-state index in [1.165, 1.54) is 24.0 Å². The highest BCUT2D eigenvalue weighted by atomic mass is 32.2. The van der Waals surface area contributed by atoms with Gasteiger partial charge in [0.2, 0.25) is 5.91 Å². The fraction of sp³-hybridized carbons (Fsp3) is 0.250. The molecule has 4 rings (SSSR count). The van der Waals surface area contributed by atoms with Gasteiger partial charge in [0.05, 0.1) is 28.5 Å². The molecule has 0 spiro atoms. The Labute approximate surface area is 205 Å². The fourth-order valence-electron chi connectivity index (χ4n) is 3.81. The Bertz CT molecular complexity index is 1500. The number of amides is 1. The Balaban J connectivity index is 1.50. The van der Waals surface area contributed by atoms with E-state index in [2.05, 4.69) is 4.98 Å². The zero-order valence-corrected chi connectivity index (χ0v) is 19.8. The number of hydrogen-bond donors (Lipinski definition) is 1. The van der Waals surface area contributed by atoms with Crippen molar-refractivity contribution >= 4 is 38.5 Å². The quantitative estimate of drug-likeness (QED) is 0.476. The van der Waals surface area contributed by atoms with Crippen LogP contribution in [0.15, 0.2) is 53.4 Å². The van der Waals surface area contributed by atoms with Crippen LogP contribution in [-0.4, -0.2) is 45.0 Å². The molecule has 1 aliphatic rings. The van der Waals surface area contributed by atoms with E-state index >= 15 is 0 Å². The molecule has 1 aromatic heterocycles. The van der Waals surface area contributed by atoms with Crippen LogP contribution in [0.1, 0.15) is 35.0 Å². The van der Waals surface area contributed by atoms with E-state index in [1.807, 2.05) is 22.9 Å². The molecule has 1 aliphatic heterocycles. The molecule has 2 heterocycles. The number of nitriles is 1. The second-order valence-corrected chi connectivity index (χ2v) is 9.69. The van der Waals surface area contributed by atoms with Gasteiger partial charge in [-0.3, -0.25) is 4.79 Å². The Morgan fingerprint density at radius 1 is 1.19 bits per heavy atom. The van der Waals surface area contributed by atoms with Gasteiger partial charge in [-0.2, -0.15) is 5.26 Å². The van der Waals surface area contributed by atoms with Crippen LogP contribution >= 0.6 is 0 Å². The molecular formula is C24H20F2N4O5S. The summed E-state index contributed by atoms with van der Waals surface area (Å²) in [5.41, 5.74) is -1.50. The number of fused-ring (bicyclic) bond motifs is 1. The standard InChI is InChI=1S/C24H20F2N4O5S/c1-2-35-24(32)19-10-16(11-27)22(28-20(19)21(25)26)30-12-17(13-30)23(31)29-36(33,34)18-8-7-14-5-3-4-6-15(14)9-18/h3-10,17,21H,2,12-13H2,1H3,(H,29,31). The van der Waals surface area contributed by atoms with Gasteiger partial charge in [-0.25, -0.2) is 31.7 Å². The second kappa shape index (κ2) is 9.87. The minimum Gasteiger partial charge on any atom is -0.462 e. The number of aromatic nitrogens is 1. The topological polar surface area (TPSA) is 129 Å². The molecule has 3 aromatic rings. The summed E-state index contributed by atoms with van der Waals surface area (Å²) in [6.45, 7) is 1.36. The van der Waals surface area contributed by atoms with Crippen molar-refractivity contribution in [2.24, 2.45) is 5.92 Å². The van der Waals surface area contributed by atoms with E-state index in [0.717, 1.165) is 11.5 Å². The zero-order valence-electron chi connectivity index (χ0n) is 18.9. The molecule has 0 bridgehead atoms. The fourth-order valence-corrected chi connectivity index (χ4v) is 4.88. The van der Waals surface area contributed by atoms with Gasteiger partial charge in [0.1, 0.15) is 17.6 Å². The molecule has 9 nitrogen and oxygen atoms in total. The van der Waals surface area contributed by atoms with Crippen molar-refractivity contribution in [3.8, 4) is 6.07 Å². The van der Waals surface area contributed by atoms with Gasteiger partial charge in [0, 0.05) is 13.1 Å². The molecule has 0 saturated carbocycles. The summed E-state index contributed by atoms with van der Waals surface area (Å²) < 4.78 is 59.4. The van der Waals surface area contributed by atoms with Gasteiger partial charge in [-0.05, 0) is 35.9 Å². The van der Waals surface area contributed by atoms with Crippen molar-refractivity contribution < 1.29 is 31.5 Å². The van der Waals surface area contributed by atoms with E-state index < -0.39 is 45.5 Å². The van der Waals surface area contributed by atoms with Crippen LogP contribution < -0.4 is 9.62 Å². The number of ether oxygens (including phenoxy) is 1. The van der Waals surface area contributed by atoms with Crippen LogP contribution in [0.2, 0.25) is 0 Å². The smallest absolute Gasteiger partial charge is 0.340 e. The molecule has 0 aliphatic carbocycles. The average Bonchev–Trinajstić information content (AvgIpc) is 2.82. The maximum Gasteiger partial charge on any atom is 0.340 e. The molecule has 1 N–H and O–H groups in total. The normalized spacial score (nSPS) is 13.8. The molecule has 12 heteroatoms. The number of rotatable bonds is 7. The van der Waals surface area contributed by atoms with E-state index in [0.29, 0.717) is 5.39 Å². The minimum absolute atomic E-state index is 0.0455. The first-order valence-corrected chi connectivity index (χ1v) is 12.3. The van der Waals surface area contributed by atoms with Gasteiger partial charge in [-0.15, -0.1) is 0 Å². The number of esters is 1. The number of anilines is 1. The minimum atomic E-state index is -4.14. The van der Waals surface area contributed by atoms with Gasteiger partial charge >= 0.3 is 5.97 Å². The number of nitrogens with one attached hydrogen (secondary N) is 1. The van der Waals surface area contributed by atoms with Crippen molar-refractivity contribution in [2.75, 3.05) is 24.6 Å². The third-order valence-corrected chi connectivity index (χ3v) is 7.02. The predicted octanol–water partition coefficient (Wildman–Crippen LogP) is 3.16. The Kier molecular flexibility index (Phi) is 6.85. The summed E-state index contributed by atoms with van der Waals surface area (Å²) >= 11 is 0. The lowest BCUT2D eigenvalue weighted by molar-refractivity contribution is -0.123. The van der Waals surface area contributed by atoms with Crippen LogP contribution in [0.25, 0.3) is 10.8 Å².